The van der Waals surface area contributed by atoms with E-state index >= 15 is 0 Å². The molecule has 0 amide bonds. The summed E-state index contributed by atoms with van der Waals surface area (Å²) in [6.07, 6.45) is -0.686. The van der Waals surface area contributed by atoms with Crippen molar-refractivity contribution in [2.75, 3.05) is 6.54 Å². The van der Waals surface area contributed by atoms with Gasteiger partial charge in [-0.2, -0.15) is 0 Å². The Morgan fingerprint density at radius 3 is 1.77 bits per heavy atom. The van der Waals surface area contributed by atoms with E-state index in [9.17, 15) is 14.7 Å². The van der Waals surface area contributed by atoms with E-state index in [0.29, 0.717) is 12.1 Å². The van der Waals surface area contributed by atoms with E-state index in [2.05, 4.69) is 5.32 Å². The van der Waals surface area contributed by atoms with Gasteiger partial charge < -0.3 is 19.9 Å². The summed E-state index contributed by atoms with van der Waals surface area (Å²) in [5.41, 5.74) is 2.00. The lowest BCUT2D eigenvalue weighted by Gasteiger charge is -2.23. The van der Waals surface area contributed by atoms with Crippen LogP contribution in [0.3, 0.4) is 0 Å². The third-order valence-corrected chi connectivity index (χ3v) is 5.01. The molecule has 0 spiro atoms. The predicted octanol–water partition coefficient (Wildman–Crippen LogP) is 4.83. The molecule has 0 aliphatic carbocycles. The topological polar surface area (TPSA) is 84.9 Å². The van der Waals surface area contributed by atoms with Gasteiger partial charge in [-0.1, -0.05) is 66.7 Å². The Morgan fingerprint density at radius 1 is 0.800 bits per heavy atom. The standard InChI is InChI=1S/C28H31NO5.ClH/c1-28(2,3)29-19-23(30)22-14-15-24(33-26(31)16-20-10-6-4-7-11-20)25(18-22)34-27(32)17-21-12-8-5-9-13-21;/h4-15,18,23,29-30H,16-17,19H2,1-3H3;1H. The van der Waals surface area contributed by atoms with Crippen LogP contribution in [-0.2, 0) is 22.4 Å². The number of aliphatic hydroxyl groups is 1. The van der Waals surface area contributed by atoms with Crippen molar-refractivity contribution in [2.45, 2.75) is 45.3 Å². The average molecular weight is 498 g/mol. The van der Waals surface area contributed by atoms with Crippen LogP contribution < -0.4 is 14.8 Å². The molecule has 0 fully saturated rings. The number of halogens is 1. The minimum Gasteiger partial charge on any atom is -0.422 e. The Hall–Kier alpha value is -3.19. The van der Waals surface area contributed by atoms with Gasteiger partial charge in [-0.15, -0.1) is 12.4 Å². The van der Waals surface area contributed by atoms with E-state index in [4.69, 9.17) is 9.47 Å². The fraction of sp³-hybridized carbons (Fsp3) is 0.286. The first-order valence-corrected chi connectivity index (χ1v) is 11.3. The summed E-state index contributed by atoms with van der Waals surface area (Å²) in [4.78, 5) is 25.1. The quantitative estimate of drug-likeness (QED) is 0.325. The van der Waals surface area contributed by atoms with Crippen LogP contribution in [0, 0.1) is 0 Å². The van der Waals surface area contributed by atoms with Crippen molar-refractivity contribution in [1.82, 2.24) is 5.32 Å². The van der Waals surface area contributed by atoms with Crippen molar-refractivity contribution < 1.29 is 24.2 Å². The molecule has 35 heavy (non-hydrogen) atoms. The molecule has 3 aromatic carbocycles. The number of benzene rings is 3. The number of esters is 2. The Bertz CT molecular complexity index is 1100. The number of carbonyl (C=O) groups excluding carboxylic acids is 2. The van der Waals surface area contributed by atoms with E-state index in [1.165, 1.54) is 0 Å². The summed E-state index contributed by atoms with van der Waals surface area (Å²) >= 11 is 0. The van der Waals surface area contributed by atoms with E-state index in [1.807, 2.05) is 81.4 Å². The maximum Gasteiger partial charge on any atom is 0.315 e. The Labute approximate surface area is 212 Å². The zero-order valence-corrected chi connectivity index (χ0v) is 21.0. The van der Waals surface area contributed by atoms with Gasteiger partial charge in [-0.25, -0.2) is 0 Å². The summed E-state index contributed by atoms with van der Waals surface area (Å²) in [7, 11) is 0. The highest BCUT2D eigenvalue weighted by Crippen LogP contribution is 2.31. The summed E-state index contributed by atoms with van der Waals surface area (Å²) in [5.74, 6) is -0.753. The molecule has 0 heterocycles. The van der Waals surface area contributed by atoms with Crippen LogP contribution in [0.2, 0.25) is 0 Å². The number of β-amino-alcohol motifs (C(OH)–C–C–N with tert-alkyl or cyclic N) is 1. The number of hydrogen-bond acceptors (Lipinski definition) is 6. The molecule has 3 aromatic rings. The van der Waals surface area contributed by atoms with E-state index in [-0.39, 0.29) is 42.3 Å². The van der Waals surface area contributed by atoms with Crippen LogP contribution >= 0.6 is 12.4 Å². The maximum absolute atomic E-state index is 12.6. The molecule has 2 N–H and O–H groups in total. The van der Waals surface area contributed by atoms with Crippen molar-refractivity contribution in [1.29, 1.82) is 0 Å². The van der Waals surface area contributed by atoms with Gasteiger partial charge in [0.15, 0.2) is 11.5 Å². The molecule has 3 rings (SSSR count). The zero-order valence-electron chi connectivity index (χ0n) is 20.2. The molecule has 186 valence electrons. The molecule has 0 aromatic heterocycles. The first-order valence-electron chi connectivity index (χ1n) is 11.3. The minimum atomic E-state index is -0.833. The molecule has 0 bridgehead atoms. The van der Waals surface area contributed by atoms with Crippen molar-refractivity contribution in [2.24, 2.45) is 0 Å². The molecule has 1 unspecified atom stereocenters. The van der Waals surface area contributed by atoms with Crippen LogP contribution in [0.1, 0.15) is 43.6 Å². The van der Waals surface area contributed by atoms with Crippen LogP contribution in [0.5, 0.6) is 11.5 Å². The van der Waals surface area contributed by atoms with Crippen molar-refractivity contribution in [3.63, 3.8) is 0 Å². The molecule has 6 nitrogen and oxygen atoms in total. The summed E-state index contributed by atoms with van der Waals surface area (Å²) in [6.45, 7) is 6.33. The van der Waals surface area contributed by atoms with Gasteiger partial charge in [-0.05, 0) is 49.6 Å². The van der Waals surface area contributed by atoms with Gasteiger partial charge in [0.2, 0.25) is 0 Å². The van der Waals surface area contributed by atoms with E-state index < -0.39 is 18.0 Å². The Balaban J connectivity index is 0.00000432. The number of carbonyl (C=O) groups is 2. The number of ether oxygens (including phenoxy) is 2. The third kappa shape index (κ3) is 9.53. The lowest BCUT2D eigenvalue weighted by atomic mass is 10.1. The molecule has 0 aliphatic rings. The normalized spacial score (nSPS) is 11.8. The highest BCUT2D eigenvalue weighted by atomic mass is 35.5. The predicted molar refractivity (Wildman–Crippen MR) is 138 cm³/mol. The minimum absolute atomic E-state index is 0. The van der Waals surface area contributed by atoms with Crippen molar-refractivity contribution >= 4 is 24.3 Å². The number of aliphatic hydroxyl groups excluding tert-OH is 1. The summed E-state index contributed by atoms with van der Waals surface area (Å²) < 4.78 is 11.1. The lowest BCUT2D eigenvalue weighted by Crippen LogP contribution is -2.38. The molecule has 0 saturated heterocycles. The van der Waals surface area contributed by atoms with Crippen molar-refractivity contribution in [3.8, 4) is 11.5 Å². The van der Waals surface area contributed by atoms with Gasteiger partial charge in [0.1, 0.15) is 0 Å². The Morgan fingerprint density at radius 2 is 1.29 bits per heavy atom. The fourth-order valence-corrected chi connectivity index (χ4v) is 3.26. The smallest absolute Gasteiger partial charge is 0.315 e. The fourth-order valence-electron chi connectivity index (χ4n) is 3.26. The number of nitrogens with one attached hydrogen (secondary N) is 1. The molecule has 0 radical (unpaired) electrons. The molecule has 7 heteroatoms. The summed E-state index contributed by atoms with van der Waals surface area (Å²) in [6, 6.07) is 23.2. The second-order valence-corrected chi connectivity index (χ2v) is 9.13. The Kier molecular flexibility index (Phi) is 10.5. The van der Waals surface area contributed by atoms with Crippen LogP contribution in [-0.4, -0.2) is 29.1 Å². The van der Waals surface area contributed by atoms with Crippen molar-refractivity contribution in [3.05, 3.63) is 95.6 Å². The van der Waals surface area contributed by atoms with Crippen LogP contribution in [0.25, 0.3) is 0 Å². The second-order valence-electron chi connectivity index (χ2n) is 9.13. The second kappa shape index (κ2) is 13.0. The molecule has 0 saturated carbocycles. The first-order chi connectivity index (χ1) is 16.2. The number of hydrogen-bond donors (Lipinski definition) is 2. The summed E-state index contributed by atoms with van der Waals surface area (Å²) in [5, 5.41) is 13.9. The highest BCUT2D eigenvalue weighted by molar-refractivity contribution is 5.85. The van der Waals surface area contributed by atoms with E-state index in [1.54, 1.807) is 18.2 Å². The molecular formula is C28H32ClNO5. The van der Waals surface area contributed by atoms with Gasteiger partial charge in [0.25, 0.3) is 0 Å². The molecule has 1 atom stereocenters. The highest BCUT2D eigenvalue weighted by Gasteiger charge is 2.19. The average Bonchev–Trinajstić information content (AvgIpc) is 2.79. The van der Waals surface area contributed by atoms with Crippen LogP contribution in [0.15, 0.2) is 78.9 Å². The van der Waals surface area contributed by atoms with Gasteiger partial charge in [0.05, 0.1) is 18.9 Å². The van der Waals surface area contributed by atoms with Gasteiger partial charge in [-0.3, -0.25) is 9.59 Å². The molecule has 0 aliphatic heterocycles. The molecular weight excluding hydrogens is 466 g/mol. The maximum atomic E-state index is 12.6. The first kappa shape index (κ1) is 28.1. The monoisotopic (exact) mass is 497 g/mol. The van der Waals surface area contributed by atoms with E-state index in [0.717, 1.165) is 11.1 Å². The lowest BCUT2D eigenvalue weighted by molar-refractivity contribution is -0.136. The third-order valence-electron chi connectivity index (χ3n) is 5.01. The number of rotatable bonds is 9. The zero-order chi connectivity index (χ0) is 24.6. The SMILES string of the molecule is CC(C)(C)NCC(O)c1ccc(OC(=O)Cc2ccccc2)c(OC(=O)Cc2ccccc2)c1.Cl. The van der Waals surface area contributed by atoms with Crippen LogP contribution in [0.4, 0.5) is 0 Å². The largest absolute Gasteiger partial charge is 0.422 e. The van der Waals surface area contributed by atoms with Gasteiger partial charge in [0, 0.05) is 12.1 Å². The van der Waals surface area contributed by atoms with Gasteiger partial charge >= 0.3 is 11.9 Å².